The molecule has 1 fully saturated rings. The van der Waals surface area contributed by atoms with E-state index in [1.165, 1.54) is 0 Å². The smallest absolute Gasteiger partial charge is 0.220 e. The van der Waals surface area contributed by atoms with Crippen molar-refractivity contribution < 1.29 is 9.90 Å². The molecular weight excluding hydrogens is 252 g/mol. The van der Waals surface area contributed by atoms with Crippen LogP contribution >= 0.6 is 0 Å². The van der Waals surface area contributed by atoms with Crippen LogP contribution in [0.3, 0.4) is 0 Å². The standard InChI is InChI=1S/C16H24N2O2/c19-12-15(9-13-5-2-1-3-6-13)18-16(20)10-14-7-4-8-17-11-14/h1-3,5-6,14-15,17,19H,4,7-12H2,(H,18,20)/t14?,15-/m1/s1. The summed E-state index contributed by atoms with van der Waals surface area (Å²) in [7, 11) is 0. The van der Waals surface area contributed by atoms with E-state index in [0.717, 1.165) is 31.5 Å². The fourth-order valence-electron chi connectivity index (χ4n) is 2.71. The van der Waals surface area contributed by atoms with Crippen LogP contribution in [-0.2, 0) is 11.2 Å². The van der Waals surface area contributed by atoms with Crippen LogP contribution in [0.4, 0.5) is 0 Å². The van der Waals surface area contributed by atoms with E-state index in [1.807, 2.05) is 30.3 Å². The van der Waals surface area contributed by atoms with Gasteiger partial charge in [-0.2, -0.15) is 0 Å². The SMILES string of the molecule is O=C(CC1CCCNC1)N[C@@H](CO)Cc1ccccc1. The summed E-state index contributed by atoms with van der Waals surface area (Å²) >= 11 is 0. The van der Waals surface area contributed by atoms with Crippen molar-refractivity contribution in [3.05, 3.63) is 35.9 Å². The van der Waals surface area contributed by atoms with Crippen LogP contribution in [0.25, 0.3) is 0 Å². The van der Waals surface area contributed by atoms with Gasteiger partial charge in [-0.3, -0.25) is 4.79 Å². The Hall–Kier alpha value is -1.39. The third-order valence-electron chi connectivity index (χ3n) is 3.78. The minimum absolute atomic E-state index is 0.0243. The van der Waals surface area contributed by atoms with Crippen molar-refractivity contribution >= 4 is 5.91 Å². The van der Waals surface area contributed by atoms with Gasteiger partial charge in [0.05, 0.1) is 12.6 Å². The first-order chi connectivity index (χ1) is 9.78. The molecule has 1 aliphatic heterocycles. The molecule has 0 spiro atoms. The molecule has 4 nitrogen and oxygen atoms in total. The molecule has 110 valence electrons. The van der Waals surface area contributed by atoms with E-state index in [-0.39, 0.29) is 18.6 Å². The van der Waals surface area contributed by atoms with Gasteiger partial charge >= 0.3 is 0 Å². The van der Waals surface area contributed by atoms with Crippen molar-refractivity contribution in [3.8, 4) is 0 Å². The maximum absolute atomic E-state index is 12.0. The third kappa shape index (κ3) is 4.94. The van der Waals surface area contributed by atoms with Gasteiger partial charge < -0.3 is 15.7 Å². The number of hydrogen-bond donors (Lipinski definition) is 3. The zero-order chi connectivity index (χ0) is 14.2. The molecule has 20 heavy (non-hydrogen) atoms. The number of amides is 1. The average Bonchev–Trinajstić information content (AvgIpc) is 2.48. The quantitative estimate of drug-likeness (QED) is 0.729. The summed E-state index contributed by atoms with van der Waals surface area (Å²) < 4.78 is 0. The van der Waals surface area contributed by atoms with Crippen LogP contribution in [0.1, 0.15) is 24.8 Å². The summed E-state index contributed by atoms with van der Waals surface area (Å²) in [6.45, 7) is 1.96. The molecule has 0 bridgehead atoms. The number of benzene rings is 1. The van der Waals surface area contributed by atoms with Gasteiger partial charge in [0.2, 0.25) is 5.91 Å². The molecule has 1 saturated heterocycles. The van der Waals surface area contributed by atoms with Gasteiger partial charge in [-0.05, 0) is 43.8 Å². The van der Waals surface area contributed by atoms with Crippen molar-refractivity contribution in [1.29, 1.82) is 0 Å². The molecule has 2 rings (SSSR count). The lowest BCUT2D eigenvalue weighted by atomic mass is 9.95. The number of hydrogen-bond acceptors (Lipinski definition) is 3. The van der Waals surface area contributed by atoms with Gasteiger partial charge in [0, 0.05) is 6.42 Å². The van der Waals surface area contributed by atoms with Crippen LogP contribution in [-0.4, -0.2) is 36.8 Å². The minimum Gasteiger partial charge on any atom is -0.394 e. The van der Waals surface area contributed by atoms with Gasteiger partial charge in [0.1, 0.15) is 0 Å². The van der Waals surface area contributed by atoms with Crippen LogP contribution in [0, 0.1) is 5.92 Å². The summed E-state index contributed by atoms with van der Waals surface area (Å²) in [5, 5.41) is 15.7. The number of carbonyl (C=O) groups excluding carboxylic acids is 1. The monoisotopic (exact) mass is 276 g/mol. The largest absolute Gasteiger partial charge is 0.394 e. The molecule has 4 heteroatoms. The van der Waals surface area contributed by atoms with E-state index < -0.39 is 0 Å². The van der Waals surface area contributed by atoms with E-state index in [2.05, 4.69) is 10.6 Å². The summed E-state index contributed by atoms with van der Waals surface area (Å²) in [6, 6.07) is 9.74. The summed E-state index contributed by atoms with van der Waals surface area (Å²) in [5.41, 5.74) is 1.13. The van der Waals surface area contributed by atoms with E-state index in [0.29, 0.717) is 18.8 Å². The molecule has 1 heterocycles. The summed E-state index contributed by atoms with van der Waals surface area (Å²) in [6.07, 6.45) is 3.48. The molecule has 1 unspecified atom stereocenters. The second-order valence-corrected chi connectivity index (χ2v) is 5.55. The first kappa shape index (κ1) is 15.0. The lowest BCUT2D eigenvalue weighted by molar-refractivity contribution is -0.123. The molecule has 0 saturated carbocycles. The molecule has 1 aromatic rings. The Bertz CT molecular complexity index is 402. The van der Waals surface area contributed by atoms with Gasteiger partial charge in [-0.1, -0.05) is 30.3 Å². The highest BCUT2D eigenvalue weighted by atomic mass is 16.3. The first-order valence-electron chi connectivity index (χ1n) is 7.43. The zero-order valence-electron chi connectivity index (χ0n) is 11.8. The molecular formula is C16H24N2O2. The highest BCUT2D eigenvalue weighted by Crippen LogP contribution is 2.14. The summed E-state index contributed by atoms with van der Waals surface area (Å²) in [5.74, 6) is 0.480. The van der Waals surface area contributed by atoms with Gasteiger partial charge in [0.15, 0.2) is 0 Å². The zero-order valence-corrected chi connectivity index (χ0v) is 11.8. The predicted molar refractivity (Wildman–Crippen MR) is 79.4 cm³/mol. The molecule has 3 N–H and O–H groups in total. The Kier molecular flexibility index (Phi) is 6.02. The maximum atomic E-state index is 12.0. The predicted octanol–water partition coefficient (Wildman–Crippen LogP) is 1.10. The second-order valence-electron chi connectivity index (χ2n) is 5.55. The molecule has 0 radical (unpaired) electrons. The molecule has 2 atom stereocenters. The molecule has 1 amide bonds. The van der Waals surface area contributed by atoms with Crippen molar-refractivity contribution in [2.45, 2.75) is 31.7 Å². The van der Waals surface area contributed by atoms with Crippen LogP contribution in [0.2, 0.25) is 0 Å². The second kappa shape index (κ2) is 8.02. The highest BCUT2D eigenvalue weighted by molar-refractivity contribution is 5.76. The fourth-order valence-corrected chi connectivity index (χ4v) is 2.71. The fraction of sp³-hybridized carbons (Fsp3) is 0.562. The van der Waals surface area contributed by atoms with Crippen LogP contribution in [0.15, 0.2) is 30.3 Å². The molecule has 0 aromatic heterocycles. The third-order valence-corrected chi connectivity index (χ3v) is 3.78. The van der Waals surface area contributed by atoms with E-state index in [1.54, 1.807) is 0 Å². The van der Waals surface area contributed by atoms with Crippen molar-refractivity contribution in [2.24, 2.45) is 5.92 Å². The number of piperidine rings is 1. The molecule has 1 aromatic carbocycles. The Morgan fingerprint density at radius 1 is 1.40 bits per heavy atom. The Balaban J connectivity index is 1.78. The Labute approximate surface area is 120 Å². The number of carbonyl (C=O) groups is 1. The highest BCUT2D eigenvalue weighted by Gasteiger charge is 2.18. The van der Waals surface area contributed by atoms with Crippen molar-refractivity contribution in [1.82, 2.24) is 10.6 Å². The Morgan fingerprint density at radius 2 is 2.20 bits per heavy atom. The van der Waals surface area contributed by atoms with Gasteiger partial charge in [-0.15, -0.1) is 0 Å². The van der Waals surface area contributed by atoms with Crippen LogP contribution in [0.5, 0.6) is 0 Å². The Morgan fingerprint density at radius 3 is 2.85 bits per heavy atom. The number of aliphatic hydroxyl groups excluding tert-OH is 1. The summed E-state index contributed by atoms with van der Waals surface area (Å²) in [4.78, 5) is 12.0. The normalized spacial score (nSPS) is 20.4. The first-order valence-corrected chi connectivity index (χ1v) is 7.43. The lowest BCUT2D eigenvalue weighted by Crippen LogP contribution is -2.41. The lowest BCUT2D eigenvalue weighted by Gasteiger charge is -2.23. The number of aliphatic hydroxyl groups is 1. The van der Waals surface area contributed by atoms with Gasteiger partial charge in [-0.25, -0.2) is 0 Å². The maximum Gasteiger partial charge on any atom is 0.220 e. The average molecular weight is 276 g/mol. The number of rotatable bonds is 6. The van der Waals surface area contributed by atoms with Crippen molar-refractivity contribution in [3.63, 3.8) is 0 Å². The van der Waals surface area contributed by atoms with Crippen LogP contribution < -0.4 is 10.6 Å². The molecule has 1 aliphatic rings. The topological polar surface area (TPSA) is 61.4 Å². The van der Waals surface area contributed by atoms with E-state index in [4.69, 9.17) is 0 Å². The van der Waals surface area contributed by atoms with E-state index in [9.17, 15) is 9.90 Å². The molecule has 0 aliphatic carbocycles. The van der Waals surface area contributed by atoms with Crippen molar-refractivity contribution in [2.75, 3.05) is 19.7 Å². The minimum atomic E-state index is -0.193. The number of nitrogens with one attached hydrogen (secondary N) is 2. The van der Waals surface area contributed by atoms with E-state index >= 15 is 0 Å². The van der Waals surface area contributed by atoms with Gasteiger partial charge in [0.25, 0.3) is 0 Å².